The Balaban J connectivity index is 1.90. The number of hydrogen-bond donors (Lipinski definition) is 1. The highest BCUT2D eigenvalue weighted by Crippen LogP contribution is 2.32. The SMILES string of the molecule is CC(C)C1CNCCN1CC1CCCC1C. The molecule has 0 aromatic rings. The Bertz CT molecular complexity index is 215. The second kappa shape index (κ2) is 5.50. The van der Waals surface area contributed by atoms with Gasteiger partial charge in [0, 0.05) is 32.2 Å². The van der Waals surface area contributed by atoms with Crippen LogP contribution in [0.4, 0.5) is 0 Å². The van der Waals surface area contributed by atoms with Crippen LogP contribution in [0.2, 0.25) is 0 Å². The summed E-state index contributed by atoms with van der Waals surface area (Å²) in [5.41, 5.74) is 0. The van der Waals surface area contributed by atoms with E-state index in [-0.39, 0.29) is 0 Å². The lowest BCUT2D eigenvalue weighted by Gasteiger charge is -2.40. The summed E-state index contributed by atoms with van der Waals surface area (Å²) < 4.78 is 0. The maximum Gasteiger partial charge on any atom is 0.0244 e. The fourth-order valence-corrected chi connectivity index (χ4v) is 3.45. The molecule has 16 heavy (non-hydrogen) atoms. The minimum Gasteiger partial charge on any atom is -0.314 e. The van der Waals surface area contributed by atoms with Gasteiger partial charge in [-0.2, -0.15) is 0 Å². The number of hydrogen-bond acceptors (Lipinski definition) is 2. The smallest absolute Gasteiger partial charge is 0.0244 e. The molecule has 1 saturated heterocycles. The molecule has 0 spiro atoms. The van der Waals surface area contributed by atoms with Crippen LogP contribution in [-0.2, 0) is 0 Å². The van der Waals surface area contributed by atoms with Gasteiger partial charge >= 0.3 is 0 Å². The molecule has 3 atom stereocenters. The van der Waals surface area contributed by atoms with E-state index in [0.29, 0.717) is 0 Å². The molecule has 3 unspecified atom stereocenters. The van der Waals surface area contributed by atoms with Crippen molar-refractivity contribution in [2.24, 2.45) is 17.8 Å². The molecule has 2 aliphatic rings. The molecule has 2 nitrogen and oxygen atoms in total. The average molecular weight is 224 g/mol. The molecule has 94 valence electrons. The third-order valence-corrected chi connectivity index (χ3v) is 4.68. The van der Waals surface area contributed by atoms with Crippen molar-refractivity contribution in [1.82, 2.24) is 10.2 Å². The number of nitrogens with zero attached hydrogens (tertiary/aromatic N) is 1. The van der Waals surface area contributed by atoms with Crippen LogP contribution in [0.5, 0.6) is 0 Å². The summed E-state index contributed by atoms with van der Waals surface area (Å²) in [6.07, 6.45) is 4.39. The Morgan fingerprint density at radius 2 is 2.12 bits per heavy atom. The second-order valence-corrected chi connectivity index (χ2v) is 6.18. The van der Waals surface area contributed by atoms with Gasteiger partial charge in [0.2, 0.25) is 0 Å². The number of rotatable bonds is 3. The maximum absolute atomic E-state index is 3.54. The zero-order chi connectivity index (χ0) is 11.5. The second-order valence-electron chi connectivity index (χ2n) is 6.18. The molecular formula is C14H28N2. The van der Waals surface area contributed by atoms with Crippen molar-refractivity contribution in [1.29, 1.82) is 0 Å². The summed E-state index contributed by atoms with van der Waals surface area (Å²) in [6, 6.07) is 0.765. The van der Waals surface area contributed by atoms with E-state index in [1.165, 1.54) is 45.4 Å². The van der Waals surface area contributed by atoms with Crippen LogP contribution in [-0.4, -0.2) is 37.1 Å². The highest BCUT2D eigenvalue weighted by Gasteiger charge is 2.30. The molecule has 2 heteroatoms. The molecule has 1 N–H and O–H groups in total. The van der Waals surface area contributed by atoms with Gasteiger partial charge in [0.25, 0.3) is 0 Å². The third-order valence-electron chi connectivity index (χ3n) is 4.68. The van der Waals surface area contributed by atoms with Gasteiger partial charge in [-0.1, -0.05) is 33.6 Å². The van der Waals surface area contributed by atoms with Gasteiger partial charge in [0.15, 0.2) is 0 Å². The van der Waals surface area contributed by atoms with Crippen LogP contribution in [0.25, 0.3) is 0 Å². The van der Waals surface area contributed by atoms with Gasteiger partial charge in [0.05, 0.1) is 0 Å². The van der Waals surface area contributed by atoms with Gasteiger partial charge < -0.3 is 5.32 Å². The van der Waals surface area contributed by atoms with E-state index < -0.39 is 0 Å². The predicted molar refractivity (Wildman–Crippen MR) is 69.6 cm³/mol. The largest absolute Gasteiger partial charge is 0.314 e. The Morgan fingerprint density at radius 1 is 1.31 bits per heavy atom. The van der Waals surface area contributed by atoms with Gasteiger partial charge in [-0.3, -0.25) is 4.90 Å². The Labute approximate surface area is 101 Å². The molecule has 2 rings (SSSR count). The van der Waals surface area contributed by atoms with Crippen molar-refractivity contribution < 1.29 is 0 Å². The van der Waals surface area contributed by atoms with Crippen molar-refractivity contribution in [2.45, 2.75) is 46.1 Å². The van der Waals surface area contributed by atoms with Gasteiger partial charge in [-0.25, -0.2) is 0 Å². The summed E-state index contributed by atoms with van der Waals surface area (Å²) in [5.74, 6) is 2.71. The van der Waals surface area contributed by atoms with E-state index in [1.54, 1.807) is 0 Å². The molecule has 0 radical (unpaired) electrons. The van der Waals surface area contributed by atoms with Crippen LogP contribution in [0.3, 0.4) is 0 Å². The lowest BCUT2D eigenvalue weighted by molar-refractivity contribution is 0.0975. The van der Waals surface area contributed by atoms with Gasteiger partial charge in [-0.05, 0) is 24.2 Å². The maximum atomic E-state index is 3.54. The van der Waals surface area contributed by atoms with Crippen molar-refractivity contribution in [2.75, 3.05) is 26.2 Å². The van der Waals surface area contributed by atoms with E-state index in [1.807, 2.05) is 0 Å². The molecule has 0 aromatic heterocycles. The quantitative estimate of drug-likeness (QED) is 0.791. The Kier molecular flexibility index (Phi) is 4.26. The first kappa shape index (κ1) is 12.4. The van der Waals surface area contributed by atoms with Crippen LogP contribution >= 0.6 is 0 Å². The fourth-order valence-electron chi connectivity index (χ4n) is 3.45. The lowest BCUT2D eigenvalue weighted by atomic mass is 9.94. The first-order valence-electron chi connectivity index (χ1n) is 7.13. The van der Waals surface area contributed by atoms with E-state index in [2.05, 4.69) is 31.0 Å². The molecule has 1 aliphatic carbocycles. The fraction of sp³-hybridized carbons (Fsp3) is 1.00. The standard InChI is InChI=1S/C14H28N2/c1-11(2)14-9-15-7-8-16(14)10-13-6-4-5-12(13)3/h11-15H,4-10H2,1-3H3. The highest BCUT2D eigenvalue weighted by molar-refractivity contribution is 4.86. The minimum absolute atomic E-state index is 0.765. The van der Waals surface area contributed by atoms with Crippen molar-refractivity contribution >= 4 is 0 Å². The molecule has 2 fully saturated rings. The van der Waals surface area contributed by atoms with Crippen molar-refractivity contribution in [3.05, 3.63) is 0 Å². The van der Waals surface area contributed by atoms with Gasteiger partial charge in [0.1, 0.15) is 0 Å². The van der Waals surface area contributed by atoms with Crippen LogP contribution in [0.1, 0.15) is 40.0 Å². The normalized spacial score (nSPS) is 37.1. The molecule has 1 aliphatic heterocycles. The van der Waals surface area contributed by atoms with E-state index >= 15 is 0 Å². The zero-order valence-corrected chi connectivity index (χ0v) is 11.2. The third kappa shape index (κ3) is 2.78. The molecule has 0 aromatic carbocycles. The lowest BCUT2D eigenvalue weighted by Crippen LogP contribution is -2.54. The summed E-state index contributed by atoms with van der Waals surface area (Å²) in [6.45, 7) is 12.2. The van der Waals surface area contributed by atoms with E-state index in [0.717, 1.165) is 23.8 Å². The van der Waals surface area contributed by atoms with Crippen LogP contribution in [0, 0.1) is 17.8 Å². The molecule has 0 amide bonds. The summed E-state index contributed by atoms with van der Waals surface area (Å²) in [4.78, 5) is 2.76. The topological polar surface area (TPSA) is 15.3 Å². The van der Waals surface area contributed by atoms with Crippen LogP contribution in [0.15, 0.2) is 0 Å². The Hall–Kier alpha value is -0.0800. The number of nitrogens with one attached hydrogen (secondary N) is 1. The molecule has 1 saturated carbocycles. The van der Waals surface area contributed by atoms with E-state index in [4.69, 9.17) is 0 Å². The Morgan fingerprint density at radius 3 is 2.75 bits per heavy atom. The summed E-state index contributed by atoms with van der Waals surface area (Å²) in [7, 11) is 0. The molecule has 1 heterocycles. The zero-order valence-electron chi connectivity index (χ0n) is 11.2. The monoisotopic (exact) mass is 224 g/mol. The molecular weight excluding hydrogens is 196 g/mol. The summed E-state index contributed by atoms with van der Waals surface area (Å²) in [5, 5.41) is 3.54. The van der Waals surface area contributed by atoms with Crippen LogP contribution < -0.4 is 5.32 Å². The van der Waals surface area contributed by atoms with Gasteiger partial charge in [-0.15, -0.1) is 0 Å². The van der Waals surface area contributed by atoms with E-state index in [9.17, 15) is 0 Å². The highest BCUT2D eigenvalue weighted by atomic mass is 15.2. The first-order valence-corrected chi connectivity index (χ1v) is 7.13. The first-order chi connectivity index (χ1) is 7.68. The number of piperazine rings is 1. The average Bonchev–Trinajstić information content (AvgIpc) is 2.65. The van der Waals surface area contributed by atoms with Crippen molar-refractivity contribution in [3.63, 3.8) is 0 Å². The summed E-state index contributed by atoms with van der Waals surface area (Å²) >= 11 is 0. The molecule has 0 bridgehead atoms. The minimum atomic E-state index is 0.765. The predicted octanol–water partition coefficient (Wildman–Crippen LogP) is 2.35. The van der Waals surface area contributed by atoms with Crippen molar-refractivity contribution in [3.8, 4) is 0 Å².